The number of ether oxygens (including phenoxy) is 3. The van der Waals surface area contributed by atoms with Gasteiger partial charge in [0.05, 0.1) is 6.61 Å². The molecule has 0 saturated carbocycles. The van der Waals surface area contributed by atoms with Crippen molar-refractivity contribution in [3.8, 4) is 0 Å². The summed E-state index contributed by atoms with van der Waals surface area (Å²) < 4.78 is 30.0. The second-order valence-corrected chi connectivity index (χ2v) is 7.48. The third kappa shape index (κ3) is 4.70. The Kier molecular flexibility index (Phi) is 7.53. The normalized spacial score (nSPS) is 45.9. The molecule has 2 fully saturated rings. The molecule has 0 aromatic heterocycles. The van der Waals surface area contributed by atoms with Crippen LogP contribution in [0.25, 0.3) is 0 Å². The number of hydrogen-bond acceptors (Lipinski definition) is 13. The summed E-state index contributed by atoms with van der Waals surface area (Å²) in [5.74, 6) is -2.44. The fourth-order valence-corrected chi connectivity index (χ4v) is 3.28. The molecule has 0 spiro atoms. The fourth-order valence-electron chi connectivity index (χ4n) is 2.87. The lowest BCUT2D eigenvalue weighted by Gasteiger charge is -2.44. The van der Waals surface area contributed by atoms with Gasteiger partial charge in [0.1, 0.15) is 49.3 Å². The van der Waals surface area contributed by atoms with E-state index in [-0.39, 0.29) is 0 Å². The molecule has 10 atom stereocenters. The largest absolute Gasteiger partial charge is 0.472 e. The lowest BCUT2D eigenvalue weighted by Crippen LogP contribution is -2.64. The molecule has 15 nitrogen and oxygen atoms in total. The average molecular weight is 438 g/mol. The van der Waals surface area contributed by atoms with E-state index >= 15 is 0 Å². The smallest absolute Gasteiger partial charge is 0.394 e. The van der Waals surface area contributed by atoms with Crippen LogP contribution >= 0.6 is 7.82 Å². The number of phosphoric ester groups is 1. The molecule has 0 aromatic rings. The molecule has 2 aliphatic heterocycles. The number of rotatable bonds is 7. The maximum atomic E-state index is 10.8. The Balaban J connectivity index is 2.22. The first-order chi connectivity index (χ1) is 12.9. The SMILES string of the molecule is O=P(O)(O)OC(O)[C@H]1O[C@H](OC2(CO)O[C@H](CO)[C@@H](O)[C@@H]2O)[C@H](O)[C@@H](O)[C@@H]1O. The molecule has 28 heavy (non-hydrogen) atoms. The third-order valence-corrected chi connectivity index (χ3v) is 4.85. The van der Waals surface area contributed by atoms with Gasteiger partial charge in [-0.25, -0.2) is 4.57 Å². The molecule has 0 amide bonds. The summed E-state index contributed by atoms with van der Waals surface area (Å²) in [5.41, 5.74) is 0. The molecule has 16 heteroatoms. The molecule has 2 unspecified atom stereocenters. The lowest BCUT2D eigenvalue weighted by atomic mass is 9.98. The van der Waals surface area contributed by atoms with Crippen LogP contribution in [0.3, 0.4) is 0 Å². The summed E-state index contributed by atoms with van der Waals surface area (Å²) in [6.07, 6.45) is -17.9. The summed E-state index contributed by atoms with van der Waals surface area (Å²) in [5, 5.41) is 78.1. The van der Waals surface area contributed by atoms with Crippen LogP contribution < -0.4 is 0 Å². The summed E-state index contributed by atoms with van der Waals surface area (Å²) in [4.78, 5) is 17.5. The van der Waals surface area contributed by atoms with Crippen LogP contribution in [0.1, 0.15) is 0 Å². The highest BCUT2D eigenvalue weighted by molar-refractivity contribution is 7.46. The van der Waals surface area contributed by atoms with Crippen molar-refractivity contribution >= 4 is 7.82 Å². The van der Waals surface area contributed by atoms with Crippen LogP contribution in [0.15, 0.2) is 0 Å². The molecule has 2 saturated heterocycles. The molecule has 0 radical (unpaired) electrons. The van der Waals surface area contributed by atoms with Crippen molar-refractivity contribution in [3.63, 3.8) is 0 Å². The Labute approximate surface area is 157 Å². The molecule has 0 bridgehead atoms. The maximum Gasteiger partial charge on any atom is 0.472 e. The van der Waals surface area contributed by atoms with Gasteiger partial charge in [-0.05, 0) is 0 Å². The van der Waals surface area contributed by atoms with E-state index in [0.29, 0.717) is 0 Å². The van der Waals surface area contributed by atoms with Gasteiger partial charge in [0.2, 0.25) is 5.79 Å². The van der Waals surface area contributed by atoms with Crippen LogP contribution in [0, 0.1) is 0 Å². The first kappa shape index (κ1) is 23.9. The second-order valence-electron chi connectivity index (χ2n) is 6.29. The molecular formula is C12H23O15P. The van der Waals surface area contributed by atoms with Crippen LogP contribution in [0.2, 0.25) is 0 Å². The summed E-state index contributed by atoms with van der Waals surface area (Å²) in [6, 6.07) is 0. The minimum absolute atomic E-state index is 0.782. The number of phosphoric acid groups is 1. The van der Waals surface area contributed by atoms with Gasteiger partial charge in [-0.1, -0.05) is 0 Å². The quantitative estimate of drug-likeness (QED) is 0.131. The fraction of sp³-hybridized carbons (Fsp3) is 1.00. The second kappa shape index (κ2) is 8.81. The Bertz CT molecular complexity index is 571. The van der Waals surface area contributed by atoms with Crippen molar-refractivity contribution in [1.29, 1.82) is 0 Å². The molecular weight excluding hydrogens is 415 g/mol. The zero-order chi connectivity index (χ0) is 21.4. The first-order valence-electron chi connectivity index (χ1n) is 7.92. The average Bonchev–Trinajstić information content (AvgIpc) is 2.85. The van der Waals surface area contributed by atoms with Crippen molar-refractivity contribution in [2.24, 2.45) is 0 Å². The van der Waals surface area contributed by atoms with Crippen LogP contribution in [0.4, 0.5) is 0 Å². The van der Waals surface area contributed by atoms with Gasteiger partial charge in [-0.3, -0.25) is 4.52 Å². The number of aliphatic hydroxyl groups excluding tert-OH is 8. The predicted molar refractivity (Wildman–Crippen MR) is 80.7 cm³/mol. The number of hydrogen-bond donors (Lipinski definition) is 10. The highest BCUT2D eigenvalue weighted by Gasteiger charge is 2.59. The highest BCUT2D eigenvalue weighted by atomic mass is 31.2. The Hall–Kier alpha value is -0.330. The van der Waals surface area contributed by atoms with E-state index in [9.17, 15) is 40.3 Å². The Morgan fingerprint density at radius 2 is 1.61 bits per heavy atom. The summed E-state index contributed by atoms with van der Waals surface area (Å²) >= 11 is 0. The lowest BCUT2D eigenvalue weighted by molar-refractivity contribution is -0.393. The molecule has 2 aliphatic rings. The van der Waals surface area contributed by atoms with E-state index in [1.54, 1.807) is 0 Å². The van der Waals surface area contributed by atoms with E-state index in [4.69, 9.17) is 29.1 Å². The first-order valence-corrected chi connectivity index (χ1v) is 9.45. The molecule has 0 aromatic carbocycles. The molecule has 2 rings (SSSR count). The minimum atomic E-state index is -5.24. The van der Waals surface area contributed by atoms with E-state index in [1.807, 2.05) is 0 Å². The van der Waals surface area contributed by atoms with Gasteiger partial charge in [-0.15, -0.1) is 0 Å². The van der Waals surface area contributed by atoms with Gasteiger partial charge in [0, 0.05) is 0 Å². The highest BCUT2D eigenvalue weighted by Crippen LogP contribution is 2.40. The summed E-state index contributed by atoms with van der Waals surface area (Å²) in [6.45, 7) is -1.91. The van der Waals surface area contributed by atoms with E-state index < -0.39 is 82.1 Å². The standard InChI is InChI=1S/C12H23O15P/c13-1-3-4(15)9(19)12(2-14,25-3)26-11-7(18)5(16)6(17)8(24-11)10(20)27-28(21,22)23/h3-11,13-20H,1-2H2,(H2,21,22,23)/t3-,4-,5+,6+,7-,8+,9+,10?,11-,12?/m1/s1. The molecule has 2 heterocycles. The zero-order valence-corrected chi connectivity index (χ0v) is 15.0. The van der Waals surface area contributed by atoms with E-state index in [1.165, 1.54) is 0 Å². The molecule has 166 valence electrons. The monoisotopic (exact) mass is 438 g/mol. The van der Waals surface area contributed by atoms with Gasteiger partial charge in [0.25, 0.3) is 0 Å². The third-order valence-electron chi connectivity index (χ3n) is 4.35. The molecule has 10 N–H and O–H groups in total. The van der Waals surface area contributed by atoms with E-state index in [2.05, 4.69) is 4.52 Å². The van der Waals surface area contributed by atoms with Gasteiger partial charge in [0.15, 0.2) is 12.6 Å². The topological polar surface area (TPSA) is 256 Å². The van der Waals surface area contributed by atoms with E-state index in [0.717, 1.165) is 0 Å². The van der Waals surface area contributed by atoms with Crippen LogP contribution in [-0.2, 0) is 23.3 Å². The number of aliphatic hydroxyl groups is 8. The van der Waals surface area contributed by atoms with Gasteiger partial charge in [-0.2, -0.15) is 0 Å². The maximum absolute atomic E-state index is 10.8. The Morgan fingerprint density at radius 3 is 2.07 bits per heavy atom. The predicted octanol–water partition coefficient (Wildman–Crippen LogP) is -5.96. The van der Waals surface area contributed by atoms with Crippen LogP contribution in [0.5, 0.6) is 0 Å². The van der Waals surface area contributed by atoms with Crippen molar-refractivity contribution in [2.75, 3.05) is 13.2 Å². The van der Waals surface area contributed by atoms with Crippen molar-refractivity contribution in [1.82, 2.24) is 0 Å². The zero-order valence-electron chi connectivity index (χ0n) is 14.1. The van der Waals surface area contributed by atoms with Crippen LogP contribution in [-0.4, -0.2) is 125 Å². The van der Waals surface area contributed by atoms with Crippen molar-refractivity contribution < 1.29 is 73.9 Å². The minimum Gasteiger partial charge on any atom is -0.394 e. The van der Waals surface area contributed by atoms with Gasteiger partial charge >= 0.3 is 7.82 Å². The van der Waals surface area contributed by atoms with Crippen molar-refractivity contribution in [3.05, 3.63) is 0 Å². The molecule has 0 aliphatic carbocycles. The summed E-state index contributed by atoms with van der Waals surface area (Å²) in [7, 11) is -5.24. The van der Waals surface area contributed by atoms with Gasteiger partial charge < -0.3 is 64.8 Å². The Morgan fingerprint density at radius 1 is 1.00 bits per heavy atom. The van der Waals surface area contributed by atoms with Crippen molar-refractivity contribution in [2.45, 2.75) is 61.1 Å².